The zero-order chi connectivity index (χ0) is 10.5. The van der Waals surface area contributed by atoms with Gasteiger partial charge in [-0.1, -0.05) is 29.8 Å². The first-order valence-electron chi connectivity index (χ1n) is 5.40. The second-order valence-electron chi connectivity index (χ2n) is 3.90. The SMILES string of the molecule is Cc1ccc(CCCN2C=NCN2)cc1. The van der Waals surface area contributed by atoms with Crippen molar-refractivity contribution in [3.8, 4) is 0 Å². The van der Waals surface area contributed by atoms with Crippen LogP contribution in [0.1, 0.15) is 17.5 Å². The molecule has 0 saturated carbocycles. The highest BCUT2D eigenvalue weighted by Gasteiger charge is 2.03. The molecule has 0 aliphatic carbocycles. The lowest BCUT2D eigenvalue weighted by atomic mass is 10.1. The number of nitrogens with one attached hydrogen (secondary N) is 1. The molecule has 0 unspecified atom stereocenters. The fraction of sp³-hybridized carbons (Fsp3) is 0.417. The standard InChI is InChI=1S/C12H17N3/c1-11-4-6-12(7-5-11)3-2-8-15-10-13-9-14-15/h4-7,10,14H,2-3,8-9H2,1H3. The van der Waals surface area contributed by atoms with Crippen molar-refractivity contribution in [2.24, 2.45) is 4.99 Å². The van der Waals surface area contributed by atoms with Crippen LogP contribution >= 0.6 is 0 Å². The maximum absolute atomic E-state index is 4.09. The van der Waals surface area contributed by atoms with E-state index in [0.717, 1.165) is 26.1 Å². The van der Waals surface area contributed by atoms with Crippen molar-refractivity contribution in [1.82, 2.24) is 10.4 Å². The van der Waals surface area contributed by atoms with Gasteiger partial charge in [-0.3, -0.25) is 10.0 Å². The molecule has 1 aromatic rings. The quantitative estimate of drug-likeness (QED) is 0.807. The van der Waals surface area contributed by atoms with Crippen LogP contribution in [-0.4, -0.2) is 24.6 Å². The van der Waals surface area contributed by atoms with E-state index in [1.165, 1.54) is 11.1 Å². The third-order valence-corrected chi connectivity index (χ3v) is 2.57. The van der Waals surface area contributed by atoms with Crippen LogP contribution in [0.3, 0.4) is 0 Å². The van der Waals surface area contributed by atoms with Crippen LogP contribution in [0.5, 0.6) is 0 Å². The number of rotatable bonds is 4. The average molecular weight is 203 g/mol. The molecule has 1 aliphatic rings. The number of hydrogen-bond acceptors (Lipinski definition) is 3. The molecule has 1 heterocycles. The van der Waals surface area contributed by atoms with Crippen molar-refractivity contribution in [1.29, 1.82) is 0 Å². The predicted molar refractivity (Wildman–Crippen MR) is 62.7 cm³/mol. The summed E-state index contributed by atoms with van der Waals surface area (Å²) in [6.07, 6.45) is 4.16. The van der Waals surface area contributed by atoms with Gasteiger partial charge in [0, 0.05) is 6.54 Å². The summed E-state index contributed by atoms with van der Waals surface area (Å²) in [5, 5.41) is 2.05. The summed E-state index contributed by atoms with van der Waals surface area (Å²) in [6, 6.07) is 8.76. The highest BCUT2D eigenvalue weighted by molar-refractivity contribution is 5.55. The Bertz CT molecular complexity index is 329. The molecule has 15 heavy (non-hydrogen) atoms. The normalized spacial score (nSPS) is 14.9. The molecule has 0 atom stereocenters. The summed E-state index contributed by atoms with van der Waals surface area (Å²) >= 11 is 0. The molecular formula is C12H17N3. The third kappa shape index (κ3) is 3.06. The summed E-state index contributed by atoms with van der Waals surface area (Å²) in [7, 11) is 0. The number of aliphatic imine (C=N–C) groups is 1. The van der Waals surface area contributed by atoms with Gasteiger partial charge in [0.15, 0.2) is 0 Å². The van der Waals surface area contributed by atoms with Crippen molar-refractivity contribution >= 4 is 6.34 Å². The molecule has 0 saturated heterocycles. The van der Waals surface area contributed by atoms with Gasteiger partial charge in [-0.05, 0) is 25.3 Å². The van der Waals surface area contributed by atoms with Crippen LogP contribution in [0.25, 0.3) is 0 Å². The van der Waals surface area contributed by atoms with Gasteiger partial charge < -0.3 is 0 Å². The van der Waals surface area contributed by atoms with Gasteiger partial charge in [-0.2, -0.15) is 0 Å². The molecule has 0 amide bonds. The first-order chi connectivity index (χ1) is 7.34. The molecule has 1 N–H and O–H groups in total. The molecule has 3 heteroatoms. The van der Waals surface area contributed by atoms with E-state index in [2.05, 4.69) is 41.6 Å². The first kappa shape index (κ1) is 10.2. The molecular weight excluding hydrogens is 186 g/mol. The van der Waals surface area contributed by atoms with Crippen molar-refractivity contribution in [2.75, 3.05) is 13.2 Å². The van der Waals surface area contributed by atoms with Crippen LogP contribution in [0.2, 0.25) is 0 Å². The molecule has 3 nitrogen and oxygen atoms in total. The molecule has 0 radical (unpaired) electrons. The second kappa shape index (κ2) is 4.94. The van der Waals surface area contributed by atoms with Gasteiger partial charge in [0.25, 0.3) is 0 Å². The van der Waals surface area contributed by atoms with E-state index in [1.807, 2.05) is 11.3 Å². The number of hydrazine groups is 1. The summed E-state index contributed by atoms with van der Waals surface area (Å²) in [5.41, 5.74) is 5.90. The van der Waals surface area contributed by atoms with Crippen molar-refractivity contribution in [2.45, 2.75) is 19.8 Å². The maximum atomic E-state index is 4.09. The highest BCUT2D eigenvalue weighted by atomic mass is 15.6. The van der Waals surface area contributed by atoms with Crippen LogP contribution < -0.4 is 5.43 Å². The molecule has 0 bridgehead atoms. The Hall–Kier alpha value is -1.35. The highest BCUT2D eigenvalue weighted by Crippen LogP contribution is 2.06. The van der Waals surface area contributed by atoms with E-state index in [4.69, 9.17) is 0 Å². The Kier molecular flexibility index (Phi) is 3.35. The largest absolute Gasteiger partial charge is 0.297 e. The maximum Gasteiger partial charge on any atom is 0.107 e. The zero-order valence-corrected chi connectivity index (χ0v) is 9.11. The number of aryl methyl sites for hydroxylation is 2. The van der Waals surface area contributed by atoms with Gasteiger partial charge in [-0.15, -0.1) is 0 Å². The topological polar surface area (TPSA) is 27.6 Å². The molecule has 1 aromatic carbocycles. The Morgan fingerprint density at radius 3 is 2.80 bits per heavy atom. The summed E-state index contributed by atoms with van der Waals surface area (Å²) in [5.74, 6) is 0. The average Bonchev–Trinajstić information content (AvgIpc) is 2.74. The Balaban J connectivity index is 1.73. The van der Waals surface area contributed by atoms with Gasteiger partial charge >= 0.3 is 0 Å². The smallest absolute Gasteiger partial charge is 0.107 e. The van der Waals surface area contributed by atoms with E-state index >= 15 is 0 Å². The predicted octanol–water partition coefficient (Wildman–Crippen LogP) is 1.73. The lowest BCUT2D eigenvalue weighted by molar-refractivity contribution is 0.344. The number of benzene rings is 1. The van der Waals surface area contributed by atoms with Crippen LogP contribution in [-0.2, 0) is 6.42 Å². The van der Waals surface area contributed by atoms with Crippen LogP contribution in [0.15, 0.2) is 29.3 Å². The molecule has 0 spiro atoms. The van der Waals surface area contributed by atoms with E-state index < -0.39 is 0 Å². The van der Waals surface area contributed by atoms with E-state index in [0.29, 0.717) is 0 Å². The Labute approximate surface area is 90.8 Å². The van der Waals surface area contributed by atoms with Crippen LogP contribution in [0.4, 0.5) is 0 Å². The monoisotopic (exact) mass is 203 g/mol. The van der Waals surface area contributed by atoms with Crippen molar-refractivity contribution in [3.05, 3.63) is 35.4 Å². The zero-order valence-electron chi connectivity index (χ0n) is 9.11. The Morgan fingerprint density at radius 1 is 1.33 bits per heavy atom. The molecule has 1 aliphatic heterocycles. The van der Waals surface area contributed by atoms with Gasteiger partial charge in [0.1, 0.15) is 13.0 Å². The molecule has 80 valence electrons. The number of nitrogens with zero attached hydrogens (tertiary/aromatic N) is 2. The summed E-state index contributed by atoms with van der Waals surface area (Å²) in [4.78, 5) is 4.09. The minimum atomic E-state index is 0.727. The van der Waals surface area contributed by atoms with E-state index in [1.54, 1.807) is 0 Å². The summed E-state index contributed by atoms with van der Waals surface area (Å²) < 4.78 is 0. The van der Waals surface area contributed by atoms with Crippen molar-refractivity contribution in [3.63, 3.8) is 0 Å². The minimum absolute atomic E-state index is 0.727. The van der Waals surface area contributed by atoms with Crippen LogP contribution in [0, 0.1) is 6.92 Å². The molecule has 0 aromatic heterocycles. The Morgan fingerprint density at radius 2 is 2.13 bits per heavy atom. The van der Waals surface area contributed by atoms with E-state index in [9.17, 15) is 0 Å². The van der Waals surface area contributed by atoms with Gasteiger partial charge in [0.2, 0.25) is 0 Å². The van der Waals surface area contributed by atoms with Crippen molar-refractivity contribution < 1.29 is 0 Å². The minimum Gasteiger partial charge on any atom is -0.297 e. The van der Waals surface area contributed by atoms with E-state index in [-0.39, 0.29) is 0 Å². The second-order valence-corrected chi connectivity index (χ2v) is 3.90. The first-order valence-corrected chi connectivity index (χ1v) is 5.40. The fourth-order valence-electron chi connectivity index (χ4n) is 1.66. The van der Waals surface area contributed by atoms with Gasteiger partial charge in [-0.25, -0.2) is 5.43 Å². The van der Waals surface area contributed by atoms with Gasteiger partial charge in [0.05, 0.1) is 0 Å². The third-order valence-electron chi connectivity index (χ3n) is 2.57. The lowest BCUT2D eigenvalue weighted by Crippen LogP contribution is -2.32. The number of hydrogen-bond donors (Lipinski definition) is 1. The molecule has 2 rings (SSSR count). The summed E-state index contributed by atoms with van der Waals surface area (Å²) in [6.45, 7) is 3.87. The molecule has 0 fully saturated rings. The fourth-order valence-corrected chi connectivity index (χ4v) is 1.66. The lowest BCUT2D eigenvalue weighted by Gasteiger charge is -2.13.